The third-order valence-corrected chi connectivity index (χ3v) is 2.10. The molecule has 0 bridgehead atoms. The fourth-order valence-electron chi connectivity index (χ4n) is 1.35. The molecule has 0 aliphatic rings. The van der Waals surface area contributed by atoms with Crippen molar-refractivity contribution in [1.82, 2.24) is 10.6 Å². The summed E-state index contributed by atoms with van der Waals surface area (Å²) in [4.78, 5) is 11.3. The van der Waals surface area contributed by atoms with Gasteiger partial charge in [0.05, 0.1) is 38.6 Å². The molecule has 0 radical (unpaired) electrons. The highest BCUT2D eigenvalue weighted by molar-refractivity contribution is 5.78. The zero-order valence-corrected chi connectivity index (χ0v) is 12.4. The number of carbonyl (C=O) groups excluding carboxylic acids is 1. The van der Waals surface area contributed by atoms with Gasteiger partial charge in [0.25, 0.3) is 0 Å². The maximum atomic E-state index is 11.3. The van der Waals surface area contributed by atoms with E-state index in [0.717, 1.165) is 0 Å². The van der Waals surface area contributed by atoms with Gasteiger partial charge in [0.15, 0.2) is 0 Å². The van der Waals surface area contributed by atoms with Gasteiger partial charge in [0.2, 0.25) is 5.91 Å². The average Bonchev–Trinajstić information content (AvgIpc) is 2.27. The molecule has 0 heterocycles. The molecule has 0 aromatic rings. The molecule has 19 heavy (non-hydrogen) atoms. The molecule has 0 spiro atoms. The van der Waals surface area contributed by atoms with Gasteiger partial charge in [-0.3, -0.25) is 4.79 Å². The summed E-state index contributed by atoms with van der Waals surface area (Å²) in [6, 6.07) is 0.128. The molecule has 114 valence electrons. The van der Waals surface area contributed by atoms with Crippen molar-refractivity contribution in [3.63, 3.8) is 0 Å². The van der Waals surface area contributed by atoms with E-state index in [0.29, 0.717) is 19.8 Å². The van der Waals surface area contributed by atoms with E-state index in [1.54, 1.807) is 0 Å². The Morgan fingerprint density at radius 2 is 1.89 bits per heavy atom. The second-order valence-electron chi connectivity index (χ2n) is 5.00. The molecule has 0 aromatic heterocycles. The van der Waals surface area contributed by atoms with E-state index in [4.69, 9.17) is 9.47 Å². The van der Waals surface area contributed by atoms with E-state index >= 15 is 0 Å². The molecule has 3 N–H and O–H groups in total. The second-order valence-corrected chi connectivity index (χ2v) is 5.00. The van der Waals surface area contributed by atoms with Gasteiger partial charge in [-0.1, -0.05) is 0 Å². The fourth-order valence-corrected chi connectivity index (χ4v) is 1.35. The first-order valence-corrected chi connectivity index (χ1v) is 6.79. The maximum Gasteiger partial charge on any atom is 0.234 e. The minimum Gasteiger partial charge on any atom is -0.389 e. The number of carbonyl (C=O) groups is 1. The summed E-state index contributed by atoms with van der Waals surface area (Å²) >= 11 is 0. The van der Waals surface area contributed by atoms with Gasteiger partial charge in [-0.15, -0.1) is 0 Å². The van der Waals surface area contributed by atoms with Crippen LogP contribution in [0.25, 0.3) is 0 Å². The standard InChI is InChI=1S/C13H28N2O4/c1-10(2)15-13(17)8-14-7-12(16)9-18-5-6-19-11(3)4/h10-12,14,16H,5-9H2,1-4H3,(H,15,17). The van der Waals surface area contributed by atoms with E-state index in [1.807, 2.05) is 27.7 Å². The van der Waals surface area contributed by atoms with Crippen molar-refractivity contribution >= 4 is 5.91 Å². The lowest BCUT2D eigenvalue weighted by Crippen LogP contribution is -2.40. The number of rotatable bonds is 11. The number of hydrogen-bond acceptors (Lipinski definition) is 5. The first-order chi connectivity index (χ1) is 8.91. The summed E-state index contributed by atoms with van der Waals surface area (Å²) in [5.74, 6) is -0.0755. The van der Waals surface area contributed by atoms with Crippen LogP contribution in [-0.4, -0.2) is 62.2 Å². The zero-order valence-electron chi connectivity index (χ0n) is 12.4. The maximum absolute atomic E-state index is 11.3. The lowest BCUT2D eigenvalue weighted by atomic mass is 10.3. The smallest absolute Gasteiger partial charge is 0.234 e. The molecular formula is C13H28N2O4. The first kappa shape index (κ1) is 18.3. The zero-order chi connectivity index (χ0) is 14.7. The highest BCUT2D eigenvalue weighted by Crippen LogP contribution is 1.89. The van der Waals surface area contributed by atoms with Gasteiger partial charge in [-0.2, -0.15) is 0 Å². The molecule has 0 saturated heterocycles. The number of aliphatic hydroxyl groups excluding tert-OH is 1. The quantitative estimate of drug-likeness (QED) is 0.459. The predicted octanol–water partition coefficient (Wildman–Crippen LogP) is -0.0969. The molecule has 1 atom stereocenters. The van der Waals surface area contributed by atoms with Crippen LogP contribution in [0.2, 0.25) is 0 Å². The Morgan fingerprint density at radius 1 is 1.21 bits per heavy atom. The van der Waals surface area contributed by atoms with Crippen molar-refractivity contribution in [3.05, 3.63) is 0 Å². The Bertz CT molecular complexity index is 235. The monoisotopic (exact) mass is 276 g/mol. The Morgan fingerprint density at radius 3 is 2.47 bits per heavy atom. The summed E-state index contributed by atoms with van der Waals surface area (Å²) in [5, 5.41) is 15.2. The summed E-state index contributed by atoms with van der Waals surface area (Å²) in [7, 11) is 0. The number of ether oxygens (including phenoxy) is 2. The highest BCUT2D eigenvalue weighted by Gasteiger charge is 2.06. The average molecular weight is 276 g/mol. The van der Waals surface area contributed by atoms with E-state index in [-0.39, 0.29) is 31.2 Å². The second kappa shape index (κ2) is 11.2. The van der Waals surface area contributed by atoms with Gasteiger partial charge in [-0.25, -0.2) is 0 Å². The molecule has 0 fully saturated rings. The van der Waals surface area contributed by atoms with Crippen LogP contribution in [0.15, 0.2) is 0 Å². The molecule has 1 unspecified atom stereocenters. The van der Waals surface area contributed by atoms with Crippen LogP contribution in [0, 0.1) is 0 Å². The van der Waals surface area contributed by atoms with Gasteiger partial charge in [0, 0.05) is 12.6 Å². The largest absolute Gasteiger partial charge is 0.389 e. The minimum absolute atomic E-state index is 0.0755. The van der Waals surface area contributed by atoms with Gasteiger partial charge >= 0.3 is 0 Å². The Hall–Kier alpha value is -0.690. The number of hydrogen-bond donors (Lipinski definition) is 3. The van der Waals surface area contributed by atoms with Crippen LogP contribution in [0.5, 0.6) is 0 Å². The molecule has 0 aliphatic carbocycles. The van der Waals surface area contributed by atoms with Crippen molar-refractivity contribution in [2.24, 2.45) is 0 Å². The Kier molecular flexibility index (Phi) is 10.8. The van der Waals surface area contributed by atoms with E-state index in [9.17, 15) is 9.90 Å². The lowest BCUT2D eigenvalue weighted by molar-refractivity contribution is -0.120. The molecule has 0 rings (SSSR count). The van der Waals surface area contributed by atoms with Crippen LogP contribution in [0.4, 0.5) is 0 Å². The molecule has 6 heteroatoms. The predicted molar refractivity (Wildman–Crippen MR) is 74.1 cm³/mol. The van der Waals surface area contributed by atoms with Crippen molar-refractivity contribution in [2.75, 3.05) is 32.9 Å². The minimum atomic E-state index is -0.620. The van der Waals surface area contributed by atoms with Crippen LogP contribution in [0.3, 0.4) is 0 Å². The summed E-state index contributed by atoms with van der Waals surface area (Å²) in [6.45, 7) is 9.47. The van der Waals surface area contributed by atoms with Crippen LogP contribution in [0.1, 0.15) is 27.7 Å². The molecule has 0 aromatic carbocycles. The van der Waals surface area contributed by atoms with E-state index in [1.165, 1.54) is 0 Å². The third kappa shape index (κ3) is 13.5. The molecule has 0 saturated carbocycles. The Balaban J connectivity index is 3.39. The summed E-state index contributed by atoms with van der Waals surface area (Å²) in [5.41, 5.74) is 0. The lowest BCUT2D eigenvalue weighted by Gasteiger charge is -2.13. The third-order valence-electron chi connectivity index (χ3n) is 2.10. The molecule has 1 amide bonds. The first-order valence-electron chi connectivity index (χ1n) is 6.79. The van der Waals surface area contributed by atoms with Gasteiger partial charge in [-0.05, 0) is 27.7 Å². The van der Waals surface area contributed by atoms with E-state index in [2.05, 4.69) is 10.6 Å². The number of nitrogens with one attached hydrogen (secondary N) is 2. The summed E-state index contributed by atoms with van der Waals surface area (Å²) in [6.07, 6.45) is -0.430. The van der Waals surface area contributed by atoms with Crippen LogP contribution in [-0.2, 0) is 14.3 Å². The number of amides is 1. The fraction of sp³-hybridized carbons (Fsp3) is 0.923. The van der Waals surface area contributed by atoms with Crippen LogP contribution < -0.4 is 10.6 Å². The van der Waals surface area contributed by atoms with E-state index < -0.39 is 6.10 Å². The van der Waals surface area contributed by atoms with Crippen LogP contribution >= 0.6 is 0 Å². The topological polar surface area (TPSA) is 79.8 Å². The summed E-state index contributed by atoms with van der Waals surface area (Å²) < 4.78 is 10.6. The molecule has 6 nitrogen and oxygen atoms in total. The van der Waals surface area contributed by atoms with Crippen molar-refractivity contribution < 1.29 is 19.4 Å². The molecule has 0 aliphatic heterocycles. The SMILES string of the molecule is CC(C)NC(=O)CNCC(O)COCCOC(C)C. The highest BCUT2D eigenvalue weighted by atomic mass is 16.5. The van der Waals surface area contributed by atoms with Gasteiger partial charge in [0.1, 0.15) is 0 Å². The normalized spacial score (nSPS) is 13.0. The van der Waals surface area contributed by atoms with Crippen molar-refractivity contribution in [2.45, 2.75) is 45.9 Å². The molecular weight excluding hydrogens is 248 g/mol. The Labute approximate surface area is 115 Å². The van der Waals surface area contributed by atoms with Crippen molar-refractivity contribution in [3.8, 4) is 0 Å². The number of aliphatic hydroxyl groups is 1. The van der Waals surface area contributed by atoms with Crippen molar-refractivity contribution in [1.29, 1.82) is 0 Å². The van der Waals surface area contributed by atoms with Gasteiger partial charge < -0.3 is 25.2 Å².